The highest BCUT2D eigenvalue weighted by atomic mass is 79.9. The monoisotopic (exact) mass is 469 g/mol. The lowest BCUT2D eigenvalue weighted by Crippen LogP contribution is -2.24. The standard InChI is InChI=1S/C20H13Br2N3O/c21-15-7-5-13(6-8-15)20(26)24-19-17-4-2-1-3-14(17)11-25-12-16(22)9-10-18(25)23-19/h1-10,12H,11H2. The van der Waals surface area contributed by atoms with Crippen molar-refractivity contribution in [1.82, 2.24) is 4.90 Å². The van der Waals surface area contributed by atoms with Gasteiger partial charge in [-0.25, -0.2) is 4.99 Å². The Morgan fingerprint density at radius 1 is 1.04 bits per heavy atom. The molecular formula is C20H13Br2N3O. The predicted molar refractivity (Wildman–Crippen MR) is 111 cm³/mol. The van der Waals surface area contributed by atoms with Crippen LogP contribution in [-0.2, 0) is 6.54 Å². The fourth-order valence-corrected chi connectivity index (χ4v) is 3.45. The minimum absolute atomic E-state index is 0.309. The molecule has 2 heterocycles. The van der Waals surface area contributed by atoms with E-state index in [0.717, 1.165) is 25.9 Å². The lowest BCUT2D eigenvalue weighted by atomic mass is 10.1. The van der Waals surface area contributed by atoms with Crippen LogP contribution in [0.15, 0.2) is 85.8 Å². The average Bonchev–Trinajstić information content (AvgIpc) is 2.78. The van der Waals surface area contributed by atoms with Crippen LogP contribution < -0.4 is 0 Å². The van der Waals surface area contributed by atoms with Gasteiger partial charge in [0.05, 0.1) is 0 Å². The number of aliphatic imine (C=N–C) groups is 2. The van der Waals surface area contributed by atoms with Crippen LogP contribution in [0.1, 0.15) is 21.5 Å². The molecule has 2 aromatic rings. The van der Waals surface area contributed by atoms with Gasteiger partial charge < -0.3 is 4.90 Å². The number of amidine groups is 2. The Balaban J connectivity index is 1.80. The van der Waals surface area contributed by atoms with E-state index in [1.807, 2.05) is 59.7 Å². The molecule has 1 amide bonds. The Kier molecular flexibility index (Phi) is 4.70. The number of hydrogen-bond acceptors (Lipinski definition) is 2. The minimum Gasteiger partial charge on any atom is -0.327 e. The molecule has 0 aromatic heterocycles. The summed E-state index contributed by atoms with van der Waals surface area (Å²) in [6, 6.07) is 15.1. The summed E-state index contributed by atoms with van der Waals surface area (Å²) in [4.78, 5) is 23.7. The maximum Gasteiger partial charge on any atom is 0.279 e. The molecule has 2 aromatic carbocycles. The largest absolute Gasteiger partial charge is 0.327 e. The summed E-state index contributed by atoms with van der Waals surface area (Å²) >= 11 is 6.87. The molecule has 2 aliphatic heterocycles. The molecule has 0 aliphatic carbocycles. The SMILES string of the molecule is O=C(N=C1N=C2C=CC(Br)=CN2Cc2ccccc21)c1ccc(Br)cc1. The van der Waals surface area contributed by atoms with Crippen molar-refractivity contribution in [1.29, 1.82) is 0 Å². The first-order valence-corrected chi connectivity index (χ1v) is 9.56. The summed E-state index contributed by atoms with van der Waals surface area (Å²) < 4.78 is 1.89. The number of allylic oxidation sites excluding steroid dienone is 2. The molecule has 0 saturated carbocycles. The fourth-order valence-electron chi connectivity index (χ4n) is 2.80. The molecular weight excluding hydrogens is 458 g/mol. The number of halogens is 2. The fraction of sp³-hybridized carbons (Fsp3) is 0.0500. The number of fused-ring (bicyclic) bond motifs is 2. The zero-order valence-corrected chi connectivity index (χ0v) is 16.7. The number of nitrogens with zero attached hydrogens (tertiary/aromatic N) is 3. The number of benzene rings is 2. The summed E-state index contributed by atoms with van der Waals surface area (Å²) in [7, 11) is 0. The highest BCUT2D eigenvalue weighted by Crippen LogP contribution is 2.24. The normalized spacial score (nSPS) is 17.2. The maximum atomic E-state index is 12.6. The van der Waals surface area contributed by atoms with Gasteiger partial charge in [0.25, 0.3) is 5.91 Å². The van der Waals surface area contributed by atoms with E-state index in [-0.39, 0.29) is 5.91 Å². The molecule has 2 aliphatic rings. The van der Waals surface area contributed by atoms with E-state index in [2.05, 4.69) is 41.8 Å². The van der Waals surface area contributed by atoms with Crippen molar-refractivity contribution < 1.29 is 4.79 Å². The highest BCUT2D eigenvalue weighted by molar-refractivity contribution is 9.12. The van der Waals surface area contributed by atoms with E-state index in [9.17, 15) is 4.79 Å². The van der Waals surface area contributed by atoms with Crippen LogP contribution in [-0.4, -0.2) is 22.5 Å². The van der Waals surface area contributed by atoms with Crippen LogP contribution in [0.3, 0.4) is 0 Å². The molecule has 4 rings (SSSR count). The first-order chi connectivity index (χ1) is 12.6. The average molecular weight is 471 g/mol. The third-order valence-corrected chi connectivity index (χ3v) is 5.08. The van der Waals surface area contributed by atoms with E-state index in [1.165, 1.54) is 0 Å². The van der Waals surface area contributed by atoms with Gasteiger partial charge >= 0.3 is 0 Å². The van der Waals surface area contributed by atoms with Crippen molar-refractivity contribution in [2.24, 2.45) is 9.98 Å². The molecule has 26 heavy (non-hydrogen) atoms. The summed E-state index contributed by atoms with van der Waals surface area (Å²) in [5.41, 5.74) is 2.47. The Bertz CT molecular complexity index is 1000. The first-order valence-electron chi connectivity index (χ1n) is 7.98. The van der Waals surface area contributed by atoms with Crippen LogP contribution in [0, 0.1) is 0 Å². The molecule has 0 bridgehead atoms. The van der Waals surface area contributed by atoms with Gasteiger partial charge in [-0.3, -0.25) is 4.79 Å². The highest BCUT2D eigenvalue weighted by Gasteiger charge is 2.21. The third-order valence-electron chi connectivity index (χ3n) is 4.08. The van der Waals surface area contributed by atoms with Crippen molar-refractivity contribution in [2.45, 2.75) is 6.54 Å². The van der Waals surface area contributed by atoms with E-state index in [1.54, 1.807) is 12.1 Å². The van der Waals surface area contributed by atoms with Crippen LogP contribution in [0.4, 0.5) is 0 Å². The smallest absolute Gasteiger partial charge is 0.279 e. The van der Waals surface area contributed by atoms with Crippen molar-refractivity contribution in [3.63, 3.8) is 0 Å². The predicted octanol–water partition coefficient (Wildman–Crippen LogP) is 5.06. The quantitative estimate of drug-likeness (QED) is 0.584. The maximum absolute atomic E-state index is 12.6. The van der Waals surface area contributed by atoms with Crippen molar-refractivity contribution in [3.8, 4) is 0 Å². The second-order valence-corrected chi connectivity index (χ2v) is 7.68. The third kappa shape index (κ3) is 3.48. The molecule has 0 unspecified atom stereocenters. The van der Waals surface area contributed by atoms with E-state index < -0.39 is 0 Å². The molecule has 6 heteroatoms. The van der Waals surface area contributed by atoms with Crippen LogP contribution in [0.2, 0.25) is 0 Å². The Hall–Kier alpha value is -2.31. The summed E-state index contributed by atoms with van der Waals surface area (Å²) in [6.07, 6.45) is 5.82. The summed E-state index contributed by atoms with van der Waals surface area (Å²) in [5.74, 6) is 0.880. The van der Waals surface area contributed by atoms with Crippen LogP contribution in [0.25, 0.3) is 0 Å². The molecule has 0 N–H and O–H groups in total. The molecule has 0 radical (unpaired) electrons. The summed E-state index contributed by atoms with van der Waals surface area (Å²) in [5, 5.41) is 0. The van der Waals surface area contributed by atoms with Gasteiger partial charge in [0.15, 0.2) is 5.84 Å². The topological polar surface area (TPSA) is 45.0 Å². The summed E-state index contributed by atoms with van der Waals surface area (Å²) in [6.45, 7) is 0.667. The van der Waals surface area contributed by atoms with Gasteiger partial charge in [-0.05, 0) is 57.9 Å². The Morgan fingerprint density at radius 3 is 2.62 bits per heavy atom. The Morgan fingerprint density at radius 2 is 1.81 bits per heavy atom. The number of hydrogen-bond donors (Lipinski definition) is 0. The number of carbonyl (C=O) groups excluding carboxylic acids is 1. The second kappa shape index (κ2) is 7.13. The molecule has 0 spiro atoms. The lowest BCUT2D eigenvalue weighted by Gasteiger charge is -2.21. The van der Waals surface area contributed by atoms with E-state index >= 15 is 0 Å². The molecule has 0 atom stereocenters. The lowest BCUT2D eigenvalue weighted by molar-refractivity contribution is 0.100. The van der Waals surface area contributed by atoms with Gasteiger partial charge in [-0.15, -0.1) is 0 Å². The van der Waals surface area contributed by atoms with E-state index in [4.69, 9.17) is 0 Å². The van der Waals surface area contributed by atoms with Crippen LogP contribution in [0.5, 0.6) is 0 Å². The van der Waals surface area contributed by atoms with Crippen LogP contribution >= 0.6 is 31.9 Å². The van der Waals surface area contributed by atoms with E-state index in [0.29, 0.717) is 17.9 Å². The molecule has 0 fully saturated rings. The van der Waals surface area contributed by atoms with Gasteiger partial charge in [0, 0.05) is 32.8 Å². The molecule has 128 valence electrons. The van der Waals surface area contributed by atoms with Gasteiger partial charge in [0.2, 0.25) is 0 Å². The number of rotatable bonds is 1. The zero-order valence-electron chi connectivity index (χ0n) is 13.6. The molecule has 0 saturated heterocycles. The van der Waals surface area contributed by atoms with Gasteiger partial charge in [0.1, 0.15) is 5.84 Å². The minimum atomic E-state index is -0.309. The van der Waals surface area contributed by atoms with Gasteiger partial charge in [-0.1, -0.05) is 40.2 Å². The first kappa shape index (κ1) is 17.1. The second-order valence-electron chi connectivity index (χ2n) is 5.85. The number of carbonyl (C=O) groups is 1. The number of amides is 1. The Labute approximate surface area is 167 Å². The van der Waals surface area contributed by atoms with Crippen molar-refractivity contribution in [3.05, 3.63) is 92.5 Å². The zero-order chi connectivity index (χ0) is 18.1. The van der Waals surface area contributed by atoms with Gasteiger partial charge in [-0.2, -0.15) is 4.99 Å². The molecule has 4 nitrogen and oxygen atoms in total. The van der Waals surface area contributed by atoms with Crippen molar-refractivity contribution >= 4 is 49.4 Å². The van der Waals surface area contributed by atoms with Crippen molar-refractivity contribution in [2.75, 3.05) is 0 Å².